The van der Waals surface area contributed by atoms with Gasteiger partial charge in [-0.3, -0.25) is 10.1 Å². The minimum absolute atomic E-state index is 0.0949. The SMILES string of the molecule is COc1ccc2nc(SCC(=O)Nc3nc(C)no3)[nH]c2c1. The molecule has 2 N–H and O–H groups in total. The number of hydrogen-bond donors (Lipinski definition) is 2. The number of H-pyrrole nitrogens is 1. The van der Waals surface area contributed by atoms with Gasteiger partial charge in [-0.15, -0.1) is 0 Å². The number of nitrogens with one attached hydrogen (secondary N) is 2. The number of amides is 1. The van der Waals surface area contributed by atoms with Crippen molar-refractivity contribution in [3.05, 3.63) is 24.0 Å². The molecular weight excluding hydrogens is 306 g/mol. The van der Waals surface area contributed by atoms with Crippen LogP contribution in [0.3, 0.4) is 0 Å². The molecular formula is C13H13N5O3S. The predicted octanol–water partition coefficient (Wildman–Crippen LogP) is 1.99. The van der Waals surface area contributed by atoms with Crippen LogP contribution in [-0.4, -0.2) is 38.9 Å². The largest absolute Gasteiger partial charge is 0.497 e. The van der Waals surface area contributed by atoms with Crippen molar-refractivity contribution in [1.29, 1.82) is 0 Å². The summed E-state index contributed by atoms with van der Waals surface area (Å²) in [6, 6.07) is 5.64. The minimum Gasteiger partial charge on any atom is -0.497 e. The van der Waals surface area contributed by atoms with Crippen LogP contribution in [-0.2, 0) is 4.79 Å². The van der Waals surface area contributed by atoms with E-state index in [1.807, 2.05) is 18.2 Å². The van der Waals surface area contributed by atoms with Crippen molar-refractivity contribution in [1.82, 2.24) is 20.1 Å². The van der Waals surface area contributed by atoms with Crippen molar-refractivity contribution in [2.24, 2.45) is 0 Å². The average Bonchev–Trinajstić information content (AvgIpc) is 3.10. The van der Waals surface area contributed by atoms with E-state index >= 15 is 0 Å². The summed E-state index contributed by atoms with van der Waals surface area (Å²) in [5, 5.41) is 6.77. The zero-order valence-electron chi connectivity index (χ0n) is 11.9. The van der Waals surface area contributed by atoms with Gasteiger partial charge in [-0.1, -0.05) is 16.9 Å². The lowest BCUT2D eigenvalue weighted by molar-refractivity contribution is -0.114. The average molecular weight is 319 g/mol. The quantitative estimate of drug-likeness (QED) is 0.693. The Morgan fingerprint density at radius 2 is 2.32 bits per heavy atom. The summed E-state index contributed by atoms with van der Waals surface area (Å²) in [4.78, 5) is 23.2. The van der Waals surface area contributed by atoms with Gasteiger partial charge in [0.25, 0.3) is 0 Å². The van der Waals surface area contributed by atoms with Crippen LogP contribution in [0.2, 0.25) is 0 Å². The number of nitrogens with zero attached hydrogens (tertiary/aromatic N) is 3. The van der Waals surface area contributed by atoms with Gasteiger partial charge in [0.2, 0.25) is 5.91 Å². The highest BCUT2D eigenvalue weighted by Gasteiger charge is 2.10. The maximum absolute atomic E-state index is 11.8. The smallest absolute Gasteiger partial charge is 0.328 e. The maximum atomic E-state index is 11.8. The number of aryl methyl sites for hydroxylation is 1. The van der Waals surface area contributed by atoms with Crippen molar-refractivity contribution >= 4 is 34.7 Å². The van der Waals surface area contributed by atoms with Gasteiger partial charge in [-0.2, -0.15) is 4.98 Å². The molecule has 114 valence electrons. The highest BCUT2D eigenvalue weighted by Crippen LogP contribution is 2.23. The molecule has 3 aromatic rings. The minimum atomic E-state index is -0.244. The molecule has 0 saturated carbocycles. The first kappa shape index (κ1) is 14.4. The third kappa shape index (κ3) is 3.19. The zero-order chi connectivity index (χ0) is 15.5. The molecule has 8 nitrogen and oxygen atoms in total. The topological polar surface area (TPSA) is 106 Å². The van der Waals surface area contributed by atoms with Crippen LogP contribution in [0.4, 0.5) is 6.01 Å². The number of aromatic nitrogens is 4. The van der Waals surface area contributed by atoms with Gasteiger partial charge in [0, 0.05) is 6.07 Å². The van der Waals surface area contributed by atoms with E-state index < -0.39 is 0 Å². The fraction of sp³-hybridized carbons (Fsp3) is 0.231. The van der Waals surface area contributed by atoms with Gasteiger partial charge in [0.15, 0.2) is 11.0 Å². The molecule has 3 rings (SSSR count). The van der Waals surface area contributed by atoms with Crippen LogP contribution in [0, 0.1) is 6.92 Å². The molecule has 9 heteroatoms. The second-order valence-electron chi connectivity index (χ2n) is 4.41. The summed E-state index contributed by atoms with van der Waals surface area (Å²) in [7, 11) is 1.61. The van der Waals surface area contributed by atoms with E-state index in [4.69, 9.17) is 9.26 Å². The van der Waals surface area contributed by atoms with Crippen molar-refractivity contribution in [2.45, 2.75) is 12.1 Å². The number of anilines is 1. The molecule has 2 aromatic heterocycles. The van der Waals surface area contributed by atoms with E-state index in [1.54, 1.807) is 14.0 Å². The molecule has 0 aliphatic rings. The van der Waals surface area contributed by atoms with Gasteiger partial charge in [-0.05, 0) is 19.1 Å². The molecule has 0 saturated heterocycles. The summed E-state index contributed by atoms with van der Waals surface area (Å²) in [6.07, 6.45) is 0. The lowest BCUT2D eigenvalue weighted by Crippen LogP contribution is -2.14. The second kappa shape index (κ2) is 6.06. The van der Waals surface area contributed by atoms with Crippen LogP contribution in [0.25, 0.3) is 11.0 Å². The number of hydrogen-bond acceptors (Lipinski definition) is 7. The number of fused-ring (bicyclic) bond motifs is 1. The Bertz CT molecular complexity index is 813. The number of benzene rings is 1. The lowest BCUT2D eigenvalue weighted by atomic mass is 10.3. The molecule has 0 radical (unpaired) electrons. The Morgan fingerprint density at radius 1 is 1.45 bits per heavy atom. The first-order valence-corrected chi connectivity index (χ1v) is 7.39. The Balaban J connectivity index is 1.62. The van der Waals surface area contributed by atoms with Crippen molar-refractivity contribution in [2.75, 3.05) is 18.2 Å². The number of rotatable bonds is 5. The van der Waals surface area contributed by atoms with E-state index in [0.29, 0.717) is 11.0 Å². The van der Waals surface area contributed by atoms with E-state index in [9.17, 15) is 4.79 Å². The molecule has 0 unspecified atom stereocenters. The normalized spacial score (nSPS) is 10.8. The molecule has 0 atom stereocenters. The summed E-state index contributed by atoms with van der Waals surface area (Å²) in [5.41, 5.74) is 1.67. The Morgan fingerprint density at radius 3 is 3.05 bits per heavy atom. The van der Waals surface area contributed by atoms with E-state index in [2.05, 4.69) is 25.4 Å². The summed E-state index contributed by atoms with van der Waals surface area (Å²) >= 11 is 1.28. The number of aromatic amines is 1. The van der Waals surface area contributed by atoms with E-state index in [1.165, 1.54) is 11.8 Å². The van der Waals surface area contributed by atoms with Crippen molar-refractivity contribution < 1.29 is 14.1 Å². The number of thioether (sulfide) groups is 1. The van der Waals surface area contributed by atoms with Crippen LogP contribution in [0.1, 0.15) is 5.82 Å². The fourth-order valence-electron chi connectivity index (χ4n) is 1.80. The molecule has 0 spiro atoms. The predicted molar refractivity (Wildman–Crippen MR) is 81.0 cm³/mol. The Labute approximate surface area is 129 Å². The molecule has 0 bridgehead atoms. The summed E-state index contributed by atoms with van der Waals surface area (Å²) in [6.45, 7) is 1.68. The molecule has 0 fully saturated rings. The fourth-order valence-corrected chi connectivity index (χ4v) is 2.48. The molecule has 1 amide bonds. The van der Waals surface area contributed by atoms with Crippen LogP contribution >= 0.6 is 11.8 Å². The van der Waals surface area contributed by atoms with Gasteiger partial charge in [0.05, 0.1) is 23.9 Å². The van der Waals surface area contributed by atoms with E-state index in [-0.39, 0.29) is 17.7 Å². The Kier molecular flexibility index (Phi) is 3.96. The van der Waals surface area contributed by atoms with Gasteiger partial charge in [-0.25, -0.2) is 4.98 Å². The molecule has 1 aromatic carbocycles. The van der Waals surface area contributed by atoms with Gasteiger partial charge < -0.3 is 14.2 Å². The molecule has 2 heterocycles. The first-order valence-electron chi connectivity index (χ1n) is 6.41. The van der Waals surface area contributed by atoms with Crippen LogP contribution in [0.5, 0.6) is 5.75 Å². The lowest BCUT2D eigenvalue weighted by Gasteiger charge is -1.98. The standard InChI is InChI=1S/C13H13N5O3S/c1-7-14-12(21-18-7)17-11(19)6-22-13-15-9-4-3-8(20-2)5-10(9)16-13/h3-5H,6H2,1-2H3,(H,15,16)(H,14,17,18,19). The molecule has 0 aliphatic carbocycles. The Hall–Kier alpha value is -2.55. The molecule has 22 heavy (non-hydrogen) atoms. The highest BCUT2D eigenvalue weighted by molar-refractivity contribution is 7.99. The van der Waals surface area contributed by atoms with E-state index in [0.717, 1.165) is 16.8 Å². The number of carbonyl (C=O) groups excluding carboxylic acids is 1. The highest BCUT2D eigenvalue weighted by atomic mass is 32.2. The monoisotopic (exact) mass is 319 g/mol. The number of ether oxygens (including phenoxy) is 1. The first-order chi connectivity index (χ1) is 10.6. The third-order valence-electron chi connectivity index (χ3n) is 2.78. The van der Waals surface area contributed by atoms with Crippen LogP contribution < -0.4 is 10.1 Å². The number of methoxy groups -OCH3 is 1. The van der Waals surface area contributed by atoms with Gasteiger partial charge >= 0.3 is 6.01 Å². The molecule has 0 aliphatic heterocycles. The van der Waals surface area contributed by atoms with Crippen molar-refractivity contribution in [3.63, 3.8) is 0 Å². The summed E-state index contributed by atoms with van der Waals surface area (Å²) in [5.74, 6) is 1.15. The van der Waals surface area contributed by atoms with Gasteiger partial charge in [0.1, 0.15) is 5.75 Å². The third-order valence-corrected chi connectivity index (χ3v) is 3.65. The maximum Gasteiger partial charge on any atom is 0.328 e. The second-order valence-corrected chi connectivity index (χ2v) is 5.37. The summed E-state index contributed by atoms with van der Waals surface area (Å²) < 4.78 is 9.98. The van der Waals surface area contributed by atoms with Crippen LogP contribution in [0.15, 0.2) is 27.9 Å². The van der Waals surface area contributed by atoms with Crippen molar-refractivity contribution in [3.8, 4) is 5.75 Å². The number of carbonyl (C=O) groups is 1. The zero-order valence-corrected chi connectivity index (χ0v) is 12.7. The number of imidazole rings is 1.